The number of Topliss-reactive ketones (excluding diaryl/α,β-unsaturated/α-hetero) is 1. The van der Waals surface area contributed by atoms with Gasteiger partial charge in [0.05, 0.1) is 23.1 Å². The Morgan fingerprint density at radius 3 is 2.50 bits per heavy atom. The lowest BCUT2D eigenvalue weighted by Crippen LogP contribution is -2.26. The first-order chi connectivity index (χ1) is 11.4. The van der Waals surface area contributed by atoms with Crippen LogP contribution < -0.4 is 11.4 Å². The van der Waals surface area contributed by atoms with Gasteiger partial charge in [0.1, 0.15) is 5.75 Å². The molecular formula is C17H16N4O3. The maximum absolute atomic E-state index is 12.6. The first-order valence-electron chi connectivity index (χ1n) is 7.25. The number of rotatable bonds is 4. The molecule has 3 rings (SSSR count). The first-order valence-corrected chi connectivity index (χ1v) is 7.25. The van der Waals surface area contributed by atoms with Crippen molar-refractivity contribution < 1.29 is 14.7 Å². The van der Waals surface area contributed by atoms with E-state index in [0.717, 1.165) is 11.0 Å². The van der Waals surface area contributed by atoms with E-state index in [1.165, 1.54) is 18.2 Å². The zero-order valence-corrected chi connectivity index (χ0v) is 13.0. The molecule has 0 bridgehead atoms. The molecule has 3 aromatic rings. The fourth-order valence-corrected chi connectivity index (χ4v) is 2.69. The van der Waals surface area contributed by atoms with Gasteiger partial charge in [-0.05, 0) is 30.3 Å². The molecule has 0 radical (unpaired) electrons. The third kappa shape index (κ3) is 2.45. The molecule has 0 saturated heterocycles. The van der Waals surface area contributed by atoms with Gasteiger partial charge in [-0.15, -0.1) is 0 Å². The minimum absolute atomic E-state index is 0.0524. The summed E-state index contributed by atoms with van der Waals surface area (Å²) in [7, 11) is 1.76. The molecule has 1 aromatic heterocycles. The number of aryl methyl sites for hydroxylation is 1. The Labute approximate surface area is 137 Å². The fourth-order valence-electron chi connectivity index (χ4n) is 2.69. The SMILES string of the molecule is Cn1c(=N)n(CC(=O)c2ccc(O)c(C(N)=O)c2)c2ccccc21. The quantitative estimate of drug-likeness (QED) is 0.625. The summed E-state index contributed by atoms with van der Waals surface area (Å²) < 4.78 is 3.28. The highest BCUT2D eigenvalue weighted by molar-refractivity contribution is 6.01. The average molecular weight is 324 g/mol. The lowest BCUT2D eigenvalue weighted by atomic mass is 10.1. The molecule has 0 aliphatic heterocycles. The molecule has 0 aliphatic rings. The summed E-state index contributed by atoms with van der Waals surface area (Å²) in [5, 5.41) is 17.8. The summed E-state index contributed by atoms with van der Waals surface area (Å²) >= 11 is 0. The number of fused-ring (bicyclic) bond motifs is 1. The largest absolute Gasteiger partial charge is 0.507 e. The number of carbonyl (C=O) groups excluding carboxylic acids is 2. The van der Waals surface area contributed by atoms with Gasteiger partial charge >= 0.3 is 0 Å². The van der Waals surface area contributed by atoms with Crippen molar-refractivity contribution in [3.63, 3.8) is 0 Å². The van der Waals surface area contributed by atoms with Crippen LogP contribution in [0.25, 0.3) is 11.0 Å². The van der Waals surface area contributed by atoms with Crippen molar-refractivity contribution in [2.45, 2.75) is 6.54 Å². The van der Waals surface area contributed by atoms with Crippen LogP contribution in [0.5, 0.6) is 5.75 Å². The van der Waals surface area contributed by atoms with E-state index in [0.29, 0.717) is 0 Å². The third-order valence-corrected chi connectivity index (χ3v) is 3.99. The number of nitrogens with two attached hydrogens (primary N) is 1. The molecule has 24 heavy (non-hydrogen) atoms. The van der Waals surface area contributed by atoms with Gasteiger partial charge in [-0.25, -0.2) is 0 Å². The number of benzene rings is 2. The number of para-hydroxylation sites is 2. The number of nitrogens with one attached hydrogen (secondary N) is 1. The molecule has 0 fully saturated rings. The lowest BCUT2D eigenvalue weighted by Gasteiger charge is -2.06. The molecule has 0 unspecified atom stereocenters. The van der Waals surface area contributed by atoms with Crippen LogP contribution in [0.4, 0.5) is 0 Å². The highest BCUT2D eigenvalue weighted by Gasteiger charge is 2.16. The van der Waals surface area contributed by atoms with E-state index < -0.39 is 5.91 Å². The lowest BCUT2D eigenvalue weighted by molar-refractivity contribution is 0.0971. The van der Waals surface area contributed by atoms with Crippen LogP contribution in [0.15, 0.2) is 42.5 Å². The smallest absolute Gasteiger partial charge is 0.252 e. The monoisotopic (exact) mass is 324 g/mol. The zero-order valence-electron chi connectivity index (χ0n) is 13.0. The molecule has 0 atom stereocenters. The van der Waals surface area contributed by atoms with E-state index in [1.807, 2.05) is 24.3 Å². The predicted octanol–water partition coefficient (Wildman–Crippen LogP) is 1.15. The van der Waals surface area contributed by atoms with Gasteiger partial charge in [0.25, 0.3) is 5.91 Å². The van der Waals surface area contributed by atoms with Gasteiger partial charge in [-0.1, -0.05) is 12.1 Å². The molecule has 0 saturated carbocycles. The van der Waals surface area contributed by atoms with E-state index >= 15 is 0 Å². The number of amides is 1. The van der Waals surface area contributed by atoms with Crippen LogP contribution in [0.3, 0.4) is 0 Å². The second-order valence-electron chi connectivity index (χ2n) is 5.48. The maximum Gasteiger partial charge on any atom is 0.252 e. The van der Waals surface area contributed by atoms with E-state index in [1.54, 1.807) is 16.2 Å². The van der Waals surface area contributed by atoms with Crippen LogP contribution >= 0.6 is 0 Å². The summed E-state index contributed by atoms with van der Waals surface area (Å²) in [5.41, 5.74) is 7.15. The number of hydrogen-bond donors (Lipinski definition) is 3. The number of aromatic hydroxyl groups is 1. The number of nitrogens with zero attached hydrogens (tertiary/aromatic N) is 2. The van der Waals surface area contributed by atoms with Crippen molar-refractivity contribution in [3.8, 4) is 5.75 Å². The molecule has 0 aliphatic carbocycles. The van der Waals surface area contributed by atoms with E-state index in [4.69, 9.17) is 11.1 Å². The van der Waals surface area contributed by atoms with Crippen molar-refractivity contribution in [1.82, 2.24) is 9.13 Å². The molecular weight excluding hydrogens is 308 g/mol. The Hall–Kier alpha value is -3.35. The minimum Gasteiger partial charge on any atom is -0.507 e. The number of phenols is 1. The second kappa shape index (κ2) is 5.69. The molecule has 122 valence electrons. The van der Waals surface area contributed by atoms with Gasteiger partial charge < -0.3 is 20.0 Å². The summed E-state index contributed by atoms with van der Waals surface area (Å²) in [6.07, 6.45) is 0. The second-order valence-corrected chi connectivity index (χ2v) is 5.48. The summed E-state index contributed by atoms with van der Waals surface area (Å²) in [6.45, 7) is -0.0524. The molecule has 2 aromatic carbocycles. The van der Waals surface area contributed by atoms with Crippen molar-refractivity contribution in [3.05, 3.63) is 59.2 Å². The van der Waals surface area contributed by atoms with Gasteiger partial charge in [-0.3, -0.25) is 15.0 Å². The first kappa shape index (κ1) is 15.5. The Balaban J connectivity index is 2.02. The number of hydrogen-bond acceptors (Lipinski definition) is 4. The molecule has 7 heteroatoms. The molecule has 1 amide bonds. The van der Waals surface area contributed by atoms with Crippen LogP contribution in [-0.4, -0.2) is 25.9 Å². The normalized spacial score (nSPS) is 10.9. The number of aromatic nitrogens is 2. The molecule has 4 N–H and O–H groups in total. The number of primary amides is 1. The Morgan fingerprint density at radius 2 is 1.83 bits per heavy atom. The summed E-state index contributed by atoms with van der Waals surface area (Å²) in [4.78, 5) is 23.9. The predicted molar refractivity (Wildman–Crippen MR) is 87.7 cm³/mol. The van der Waals surface area contributed by atoms with E-state index in [9.17, 15) is 14.7 Å². The van der Waals surface area contributed by atoms with Crippen LogP contribution in [0.1, 0.15) is 20.7 Å². The van der Waals surface area contributed by atoms with Crippen LogP contribution in [-0.2, 0) is 13.6 Å². The number of ketones is 1. The maximum atomic E-state index is 12.6. The number of carbonyl (C=O) groups is 2. The summed E-state index contributed by atoms with van der Waals surface area (Å²) in [5.74, 6) is -1.36. The highest BCUT2D eigenvalue weighted by atomic mass is 16.3. The molecule has 0 spiro atoms. The fraction of sp³-hybridized carbons (Fsp3) is 0.118. The molecule has 1 heterocycles. The van der Waals surface area contributed by atoms with E-state index in [-0.39, 0.29) is 34.8 Å². The van der Waals surface area contributed by atoms with Crippen LogP contribution in [0, 0.1) is 5.41 Å². The van der Waals surface area contributed by atoms with Crippen molar-refractivity contribution in [1.29, 1.82) is 5.41 Å². The Kier molecular flexibility index (Phi) is 3.69. The van der Waals surface area contributed by atoms with Crippen molar-refractivity contribution >= 4 is 22.7 Å². The standard InChI is InChI=1S/C17H16N4O3/c1-20-12-4-2-3-5-13(12)21(17(20)19)9-15(23)10-6-7-14(22)11(8-10)16(18)24/h2-8,19,22H,9H2,1H3,(H2,18,24). The van der Waals surface area contributed by atoms with Crippen molar-refractivity contribution in [2.75, 3.05) is 0 Å². The Morgan fingerprint density at radius 1 is 1.17 bits per heavy atom. The molecule has 7 nitrogen and oxygen atoms in total. The van der Waals surface area contributed by atoms with Gasteiger partial charge in [-0.2, -0.15) is 0 Å². The number of imidazole rings is 1. The third-order valence-electron chi connectivity index (χ3n) is 3.99. The van der Waals surface area contributed by atoms with Gasteiger partial charge in [0.2, 0.25) is 5.62 Å². The zero-order chi connectivity index (χ0) is 17.4. The minimum atomic E-state index is -0.804. The van der Waals surface area contributed by atoms with Crippen molar-refractivity contribution in [2.24, 2.45) is 12.8 Å². The topological polar surface area (TPSA) is 114 Å². The van der Waals surface area contributed by atoms with Gasteiger partial charge in [0, 0.05) is 12.6 Å². The summed E-state index contributed by atoms with van der Waals surface area (Å²) in [6, 6.07) is 11.4. The average Bonchev–Trinajstić information content (AvgIpc) is 2.80. The highest BCUT2D eigenvalue weighted by Crippen LogP contribution is 2.19. The Bertz CT molecular complexity index is 1030. The van der Waals surface area contributed by atoms with E-state index in [2.05, 4.69) is 0 Å². The van der Waals surface area contributed by atoms with Crippen LogP contribution in [0.2, 0.25) is 0 Å². The van der Waals surface area contributed by atoms with Gasteiger partial charge in [0.15, 0.2) is 5.78 Å².